The summed E-state index contributed by atoms with van der Waals surface area (Å²) in [6, 6.07) is 5.94. The Hall–Kier alpha value is -4.42. The number of methoxy groups -OCH3 is 1. The van der Waals surface area contributed by atoms with Crippen molar-refractivity contribution in [3.05, 3.63) is 41.2 Å². The summed E-state index contributed by atoms with van der Waals surface area (Å²) in [5.74, 6) is -1.19. The molecular formula is C20H21N9O4. The number of anilines is 3. The van der Waals surface area contributed by atoms with E-state index in [4.69, 9.17) is 8.85 Å². The Morgan fingerprint density at radius 3 is 2.76 bits per heavy atom. The highest BCUT2D eigenvalue weighted by Gasteiger charge is 2.31. The van der Waals surface area contributed by atoms with E-state index in [1.165, 1.54) is 30.3 Å². The van der Waals surface area contributed by atoms with Gasteiger partial charge in [0.2, 0.25) is 5.91 Å². The Morgan fingerprint density at radius 1 is 1.30 bits per heavy atom. The summed E-state index contributed by atoms with van der Waals surface area (Å²) in [7, 11) is 3.05. The van der Waals surface area contributed by atoms with Crippen LogP contribution in [-0.4, -0.2) is 50.9 Å². The maximum atomic E-state index is 12.7. The van der Waals surface area contributed by atoms with Gasteiger partial charge in [0.1, 0.15) is 17.7 Å². The molecule has 0 radical (unpaired) electrons. The second kappa shape index (κ2) is 8.98. The Balaban J connectivity index is 1.83. The number of carbonyl (C=O) groups is 2. The highest BCUT2D eigenvalue weighted by atomic mass is 16.5. The fourth-order valence-corrected chi connectivity index (χ4v) is 3.16. The number of amides is 2. The van der Waals surface area contributed by atoms with Crippen LogP contribution in [-0.2, 0) is 11.8 Å². The SMILES string of the molecule is [2H]C([2H])([2H])NC(=O)c1nnc(NC(=O)C2CC2)cc1N(N=O)c1cccc(-c2ncn(C)n2)c1OC. The number of hydrogen-bond acceptors (Lipinski definition) is 9. The molecule has 0 atom stereocenters. The number of ether oxygens (including phenoxy) is 1. The first kappa shape index (κ1) is 18.2. The van der Waals surface area contributed by atoms with E-state index in [0.717, 1.165) is 17.9 Å². The van der Waals surface area contributed by atoms with Crippen molar-refractivity contribution in [3.8, 4) is 17.1 Å². The van der Waals surface area contributed by atoms with E-state index in [1.807, 2.05) is 5.32 Å². The molecule has 1 fully saturated rings. The van der Waals surface area contributed by atoms with E-state index in [2.05, 4.69) is 30.9 Å². The van der Waals surface area contributed by atoms with Crippen molar-refractivity contribution in [2.75, 3.05) is 24.4 Å². The lowest BCUT2D eigenvalue weighted by molar-refractivity contribution is -0.117. The quantitative estimate of drug-likeness (QED) is 0.382. The van der Waals surface area contributed by atoms with Gasteiger partial charge in [-0.1, -0.05) is 6.07 Å². The molecule has 1 aliphatic carbocycles. The number of nitrogens with one attached hydrogen (secondary N) is 2. The van der Waals surface area contributed by atoms with Gasteiger partial charge in [-0.25, -0.2) is 4.98 Å². The highest BCUT2D eigenvalue weighted by molar-refractivity contribution is 6.00. The zero-order valence-corrected chi connectivity index (χ0v) is 17.6. The average molecular weight is 454 g/mol. The van der Waals surface area contributed by atoms with E-state index in [-0.39, 0.29) is 34.8 Å². The molecule has 13 nitrogen and oxygen atoms in total. The van der Waals surface area contributed by atoms with Crippen LogP contribution in [0.15, 0.2) is 35.9 Å². The van der Waals surface area contributed by atoms with Crippen LogP contribution in [0.25, 0.3) is 11.4 Å². The molecule has 2 heterocycles. The summed E-state index contributed by atoms with van der Waals surface area (Å²) in [4.78, 5) is 41.3. The molecule has 33 heavy (non-hydrogen) atoms. The molecule has 1 aliphatic rings. The van der Waals surface area contributed by atoms with Crippen LogP contribution in [0.5, 0.6) is 5.75 Å². The monoisotopic (exact) mass is 454 g/mol. The van der Waals surface area contributed by atoms with Gasteiger partial charge in [-0.15, -0.1) is 15.1 Å². The summed E-state index contributed by atoms with van der Waals surface area (Å²) >= 11 is 0. The molecule has 2 amide bonds. The summed E-state index contributed by atoms with van der Waals surface area (Å²) in [5, 5.41) is 20.1. The fourth-order valence-electron chi connectivity index (χ4n) is 3.16. The third kappa shape index (κ3) is 4.33. The second-order valence-electron chi connectivity index (χ2n) is 7.17. The number of benzene rings is 1. The maximum absolute atomic E-state index is 12.7. The summed E-state index contributed by atoms with van der Waals surface area (Å²) in [6.07, 6.45) is 2.95. The van der Waals surface area contributed by atoms with Gasteiger partial charge < -0.3 is 15.4 Å². The first-order valence-corrected chi connectivity index (χ1v) is 9.78. The summed E-state index contributed by atoms with van der Waals surface area (Å²) in [6.45, 7) is -2.84. The number of para-hydroxylation sites is 1. The van der Waals surface area contributed by atoms with Gasteiger partial charge >= 0.3 is 0 Å². The number of hydrogen-bond donors (Lipinski definition) is 2. The molecule has 3 aromatic rings. The van der Waals surface area contributed by atoms with Crippen LogP contribution in [0.1, 0.15) is 27.4 Å². The minimum Gasteiger partial charge on any atom is -0.494 e. The average Bonchev–Trinajstić information content (AvgIpc) is 3.59. The van der Waals surface area contributed by atoms with Crippen LogP contribution < -0.4 is 20.4 Å². The molecule has 0 aliphatic heterocycles. The molecule has 0 unspecified atom stereocenters. The Morgan fingerprint density at radius 2 is 2.12 bits per heavy atom. The molecule has 170 valence electrons. The first-order chi connectivity index (χ1) is 17.1. The molecule has 1 aromatic carbocycles. The van der Waals surface area contributed by atoms with E-state index >= 15 is 0 Å². The summed E-state index contributed by atoms with van der Waals surface area (Å²) in [5.41, 5.74) is -0.259. The van der Waals surface area contributed by atoms with Crippen LogP contribution >= 0.6 is 0 Å². The third-order valence-corrected chi connectivity index (χ3v) is 4.88. The first-order valence-electron chi connectivity index (χ1n) is 11.3. The maximum Gasteiger partial charge on any atom is 0.273 e. The van der Waals surface area contributed by atoms with E-state index in [1.54, 1.807) is 19.2 Å². The molecule has 13 heteroatoms. The standard InChI is InChI=1S/C20H21N9O4/c1-21-20(31)16-14(9-15(24-25-16)23-19(30)11-7-8-11)29(27-32)13-6-4-5-12(17(13)33-3)18-22-10-28(2)26-18/h4-6,9-11H,7-8H2,1-3H3,(H,21,31)(H,23,24,30)/i1D3. The van der Waals surface area contributed by atoms with Gasteiger partial charge in [0.05, 0.1) is 18.0 Å². The molecule has 0 spiro atoms. The van der Waals surface area contributed by atoms with Gasteiger partial charge in [0.15, 0.2) is 23.1 Å². The predicted octanol–water partition coefficient (Wildman–Crippen LogP) is 1.81. The topological polar surface area (TPSA) is 157 Å². The van der Waals surface area contributed by atoms with Gasteiger partial charge in [0.25, 0.3) is 5.91 Å². The number of rotatable bonds is 8. The van der Waals surface area contributed by atoms with E-state index < -0.39 is 18.6 Å². The third-order valence-electron chi connectivity index (χ3n) is 4.88. The van der Waals surface area contributed by atoms with E-state index in [9.17, 15) is 14.5 Å². The minimum atomic E-state index is -2.84. The zero-order valence-electron chi connectivity index (χ0n) is 20.6. The highest BCUT2D eigenvalue weighted by Crippen LogP contribution is 2.41. The van der Waals surface area contributed by atoms with Crippen molar-refractivity contribution in [1.82, 2.24) is 30.3 Å². The van der Waals surface area contributed by atoms with Crippen LogP contribution in [0.4, 0.5) is 17.2 Å². The van der Waals surface area contributed by atoms with E-state index in [0.29, 0.717) is 11.4 Å². The zero-order chi connectivity index (χ0) is 26.0. The molecule has 2 N–H and O–H groups in total. The van der Waals surface area contributed by atoms with Crippen LogP contribution in [0.3, 0.4) is 0 Å². The van der Waals surface area contributed by atoms with Crippen molar-refractivity contribution in [2.24, 2.45) is 18.3 Å². The lowest BCUT2D eigenvalue weighted by atomic mass is 10.1. The van der Waals surface area contributed by atoms with Gasteiger partial charge in [-0.05, 0) is 25.0 Å². The van der Waals surface area contributed by atoms with Crippen molar-refractivity contribution in [2.45, 2.75) is 12.8 Å². The van der Waals surface area contributed by atoms with Crippen LogP contribution in [0, 0.1) is 10.8 Å². The van der Waals surface area contributed by atoms with Gasteiger partial charge in [0, 0.05) is 30.1 Å². The van der Waals surface area contributed by atoms with Crippen molar-refractivity contribution >= 4 is 29.0 Å². The Kier molecular flexibility index (Phi) is 4.95. The Labute approximate surface area is 192 Å². The van der Waals surface area contributed by atoms with Crippen LogP contribution in [0.2, 0.25) is 0 Å². The number of nitroso groups, excluding NO2 is 1. The molecule has 1 saturated carbocycles. The smallest absolute Gasteiger partial charge is 0.273 e. The van der Waals surface area contributed by atoms with Gasteiger partial charge in [-0.3, -0.25) is 14.3 Å². The lowest BCUT2D eigenvalue weighted by Gasteiger charge is -2.21. The molecule has 4 rings (SSSR count). The predicted molar refractivity (Wildman–Crippen MR) is 118 cm³/mol. The number of aryl methyl sites for hydroxylation is 1. The number of nitrogens with zero attached hydrogens (tertiary/aromatic N) is 7. The molecule has 2 aromatic heterocycles. The normalized spacial score (nSPS) is 14.4. The molecule has 0 bridgehead atoms. The Bertz CT molecular complexity index is 1320. The molecular weight excluding hydrogens is 430 g/mol. The fraction of sp³-hybridized carbons (Fsp3) is 0.300. The molecule has 0 saturated heterocycles. The van der Waals surface area contributed by atoms with Gasteiger partial charge in [-0.2, -0.15) is 10.1 Å². The van der Waals surface area contributed by atoms with Crippen molar-refractivity contribution in [3.63, 3.8) is 0 Å². The summed E-state index contributed by atoms with van der Waals surface area (Å²) < 4.78 is 29.0. The van der Waals surface area contributed by atoms with Crippen molar-refractivity contribution < 1.29 is 18.4 Å². The largest absolute Gasteiger partial charge is 0.494 e. The minimum absolute atomic E-state index is 0.0532. The van der Waals surface area contributed by atoms with Crippen molar-refractivity contribution in [1.29, 1.82) is 0 Å². The number of carbonyl (C=O) groups excluding carboxylic acids is 2. The number of aromatic nitrogens is 5. The second-order valence-corrected chi connectivity index (χ2v) is 7.17. The lowest BCUT2D eigenvalue weighted by Crippen LogP contribution is -2.25.